The molecule has 0 saturated heterocycles. The molecule has 1 unspecified atom stereocenters. The second-order valence-electron chi connectivity index (χ2n) is 12.5. The van der Waals surface area contributed by atoms with Gasteiger partial charge in [-0.25, -0.2) is 0 Å². The standard InChI is InChI=1S/C20H26NO2.3C4H9.Sn/c1-18(2)14-15-20(12-8-5-9-13-20)19(18,3)21-23-17(22)16-10-6-4-7-11-16;3*1-3-4-2;/h4,6-7,10-11,14,21H,5,8-9,12-13H2,1-3H3;3*1,3-4H2,2H3;. The van der Waals surface area contributed by atoms with Crippen LogP contribution in [0.4, 0.5) is 0 Å². The van der Waals surface area contributed by atoms with Crippen molar-refractivity contribution in [2.45, 2.75) is 131 Å². The molecule has 1 aromatic carbocycles. The predicted molar refractivity (Wildman–Crippen MR) is 156 cm³/mol. The van der Waals surface area contributed by atoms with Gasteiger partial charge in [-0.3, -0.25) is 0 Å². The van der Waals surface area contributed by atoms with E-state index in [-0.39, 0.29) is 22.3 Å². The minimum atomic E-state index is -2.70. The Morgan fingerprint density at radius 2 is 1.39 bits per heavy atom. The molecule has 1 saturated carbocycles. The Hall–Kier alpha value is -0.811. The number of rotatable bonds is 13. The monoisotopic (exact) mass is 603 g/mol. The van der Waals surface area contributed by atoms with Gasteiger partial charge in [0.15, 0.2) is 0 Å². The molecule has 4 heteroatoms. The summed E-state index contributed by atoms with van der Waals surface area (Å²) in [6.45, 7) is 14.3. The van der Waals surface area contributed by atoms with Crippen molar-refractivity contribution in [3.05, 3.63) is 45.6 Å². The second-order valence-corrected chi connectivity index (χ2v) is 25.6. The van der Waals surface area contributed by atoms with E-state index in [4.69, 9.17) is 4.84 Å². The van der Waals surface area contributed by atoms with E-state index in [0.29, 0.717) is 5.56 Å². The summed E-state index contributed by atoms with van der Waals surface area (Å²) in [6, 6.07) is 9.42. The first-order valence-corrected chi connectivity index (χ1v) is 22.5. The van der Waals surface area contributed by atoms with Crippen molar-refractivity contribution < 1.29 is 9.63 Å². The molecule has 3 nitrogen and oxygen atoms in total. The van der Waals surface area contributed by atoms with Crippen molar-refractivity contribution in [1.29, 1.82) is 0 Å². The normalized spacial score (nSPS) is 23.0. The summed E-state index contributed by atoms with van der Waals surface area (Å²) in [4.78, 5) is 19.0. The molecule has 0 amide bonds. The van der Waals surface area contributed by atoms with Gasteiger partial charge in [0.25, 0.3) is 0 Å². The van der Waals surface area contributed by atoms with E-state index in [2.05, 4.69) is 53.1 Å². The fourth-order valence-electron chi connectivity index (χ4n) is 7.45. The Bertz CT molecular complexity index is 850. The molecule has 3 rings (SSSR count). The zero-order chi connectivity index (χ0) is 26.3. The van der Waals surface area contributed by atoms with Crippen LogP contribution in [-0.2, 0) is 4.84 Å². The number of benzene rings is 1. The first-order chi connectivity index (χ1) is 17.2. The zero-order valence-corrected chi connectivity index (χ0v) is 27.0. The summed E-state index contributed by atoms with van der Waals surface area (Å²) in [5.74, 6) is -0.273. The molecule has 1 fully saturated rings. The Labute approximate surface area is 226 Å². The van der Waals surface area contributed by atoms with Gasteiger partial charge in [0.05, 0.1) is 0 Å². The van der Waals surface area contributed by atoms with Gasteiger partial charge in [-0.2, -0.15) is 0 Å². The molecular formula is C32H53NO2Sn. The molecule has 1 aromatic rings. The van der Waals surface area contributed by atoms with Crippen molar-refractivity contribution in [3.8, 4) is 0 Å². The molecule has 1 N–H and O–H groups in total. The van der Waals surface area contributed by atoms with Crippen LogP contribution in [0.25, 0.3) is 0 Å². The summed E-state index contributed by atoms with van der Waals surface area (Å²) in [5, 5.41) is 0. The zero-order valence-electron chi connectivity index (χ0n) is 24.2. The van der Waals surface area contributed by atoms with Crippen molar-refractivity contribution in [2.24, 2.45) is 10.8 Å². The average molecular weight is 602 g/mol. The topological polar surface area (TPSA) is 38.3 Å². The summed E-state index contributed by atoms with van der Waals surface area (Å²) < 4.78 is 6.40. The van der Waals surface area contributed by atoms with Gasteiger partial charge in [-0.05, 0) is 0 Å². The number of unbranched alkanes of at least 4 members (excludes halogenated alkanes) is 3. The van der Waals surface area contributed by atoms with Crippen LogP contribution in [0.15, 0.2) is 40.0 Å². The van der Waals surface area contributed by atoms with Crippen LogP contribution in [0.2, 0.25) is 13.3 Å². The molecule has 0 heterocycles. The van der Waals surface area contributed by atoms with Gasteiger partial charge in [0, 0.05) is 0 Å². The molecule has 2 aliphatic carbocycles. The number of hydrogen-bond donors (Lipinski definition) is 1. The van der Waals surface area contributed by atoms with E-state index < -0.39 is 18.4 Å². The second kappa shape index (κ2) is 12.8. The van der Waals surface area contributed by atoms with Gasteiger partial charge in [0.1, 0.15) is 0 Å². The van der Waals surface area contributed by atoms with E-state index in [1.165, 1.54) is 83.9 Å². The molecule has 0 aromatic heterocycles. The average Bonchev–Trinajstić information content (AvgIpc) is 3.06. The summed E-state index contributed by atoms with van der Waals surface area (Å²) in [6.07, 6.45) is 17.1. The van der Waals surface area contributed by atoms with Crippen molar-refractivity contribution in [1.82, 2.24) is 5.48 Å². The Balaban J connectivity index is 2.06. The Morgan fingerprint density at radius 3 is 1.89 bits per heavy atom. The first-order valence-electron chi connectivity index (χ1n) is 15.0. The predicted octanol–water partition coefficient (Wildman–Crippen LogP) is 9.41. The molecule has 0 bridgehead atoms. The molecule has 202 valence electrons. The third-order valence-corrected chi connectivity index (χ3v) is 26.2. The van der Waals surface area contributed by atoms with Crippen molar-refractivity contribution in [3.63, 3.8) is 0 Å². The maximum atomic E-state index is 13.0. The van der Waals surface area contributed by atoms with E-state index in [9.17, 15) is 4.79 Å². The Kier molecular flexibility index (Phi) is 10.6. The van der Waals surface area contributed by atoms with Crippen LogP contribution in [0.3, 0.4) is 0 Å². The third-order valence-electron chi connectivity index (χ3n) is 9.93. The molecule has 2 aliphatic rings. The van der Waals surface area contributed by atoms with Crippen molar-refractivity contribution in [2.75, 3.05) is 0 Å². The van der Waals surface area contributed by atoms with Gasteiger partial charge >= 0.3 is 227 Å². The summed E-state index contributed by atoms with van der Waals surface area (Å²) >= 11 is -2.70. The number of carbonyl (C=O) groups excluding carboxylic acids is 1. The van der Waals surface area contributed by atoms with Crippen LogP contribution in [0.5, 0.6) is 0 Å². The van der Waals surface area contributed by atoms with E-state index >= 15 is 0 Å². The quantitative estimate of drug-likeness (QED) is 0.181. The maximum absolute atomic E-state index is 13.0. The number of carbonyl (C=O) groups is 1. The van der Waals surface area contributed by atoms with Crippen molar-refractivity contribution >= 4 is 24.3 Å². The van der Waals surface area contributed by atoms with Crippen LogP contribution in [0.1, 0.15) is 123 Å². The van der Waals surface area contributed by atoms with Gasteiger partial charge in [-0.1, -0.05) is 0 Å². The molecule has 1 atom stereocenters. The van der Waals surface area contributed by atoms with E-state index in [1.807, 2.05) is 33.9 Å². The van der Waals surface area contributed by atoms with Gasteiger partial charge in [-0.15, -0.1) is 0 Å². The third kappa shape index (κ3) is 5.77. The van der Waals surface area contributed by atoms with Crippen LogP contribution in [0, 0.1) is 10.8 Å². The molecule has 1 spiro atoms. The molecule has 0 aliphatic heterocycles. The fraction of sp³-hybridized carbons (Fsp3) is 0.719. The Morgan fingerprint density at radius 1 is 0.861 bits per heavy atom. The van der Waals surface area contributed by atoms with Crippen LogP contribution >= 0.6 is 0 Å². The molecular weight excluding hydrogens is 549 g/mol. The number of hydrogen-bond acceptors (Lipinski definition) is 3. The summed E-state index contributed by atoms with van der Waals surface area (Å²) in [7, 11) is 0. The van der Waals surface area contributed by atoms with Crippen LogP contribution in [-0.4, -0.2) is 29.9 Å². The van der Waals surface area contributed by atoms with Gasteiger partial charge in [0.2, 0.25) is 0 Å². The fourth-order valence-corrected chi connectivity index (χ4v) is 26.9. The molecule has 0 radical (unpaired) electrons. The SMILES string of the molecule is CCC[CH2][Sn]([CH2]CCC)([CH2]CCC)[C]1=CC(C)(C)C(C)(NOC(=O)c2ccccc2)C12CCCCC2. The first kappa shape index (κ1) is 29.7. The van der Waals surface area contributed by atoms with E-state index in [0.717, 1.165) is 0 Å². The molecule has 36 heavy (non-hydrogen) atoms. The summed E-state index contributed by atoms with van der Waals surface area (Å²) in [5.41, 5.74) is 3.85. The van der Waals surface area contributed by atoms with Crippen LogP contribution < -0.4 is 5.48 Å². The minimum absolute atomic E-state index is 0.0799. The number of nitrogens with one attached hydrogen (secondary N) is 1. The van der Waals surface area contributed by atoms with Gasteiger partial charge < -0.3 is 0 Å². The van der Waals surface area contributed by atoms with E-state index in [1.54, 1.807) is 0 Å². The number of hydroxylamine groups is 1.